The monoisotopic (exact) mass is 618 g/mol. The number of carboxylic acids is 1. The second kappa shape index (κ2) is 16.5. The molecule has 1 heterocycles. The largest absolute Gasteiger partial charge is 0.477 e. The molecule has 2 aromatic rings. The molecule has 1 saturated heterocycles. The first-order valence-electron chi connectivity index (χ1n) is 13.9. The van der Waals surface area contributed by atoms with Crippen LogP contribution in [0.3, 0.4) is 0 Å². The van der Waals surface area contributed by atoms with Gasteiger partial charge in [0.1, 0.15) is 18.5 Å². The minimum absolute atomic E-state index is 0.0671. The topological polar surface area (TPSA) is 192 Å². The molecule has 0 spiro atoms. The first-order valence-corrected chi connectivity index (χ1v) is 15.0. The van der Waals surface area contributed by atoms with Gasteiger partial charge in [-0.05, 0) is 41.2 Å². The Morgan fingerprint density at radius 2 is 1.77 bits per heavy atom. The van der Waals surface area contributed by atoms with E-state index >= 15 is 0 Å². The zero-order chi connectivity index (χ0) is 31.4. The molecule has 6 N–H and O–H groups in total. The molecule has 12 nitrogen and oxygen atoms in total. The fourth-order valence-electron chi connectivity index (χ4n) is 4.67. The molecule has 0 saturated carbocycles. The minimum Gasteiger partial charge on any atom is -0.477 e. The van der Waals surface area contributed by atoms with Gasteiger partial charge in [0.15, 0.2) is 0 Å². The van der Waals surface area contributed by atoms with Crippen LogP contribution in [0.25, 0.3) is 11.1 Å². The van der Waals surface area contributed by atoms with Crippen molar-refractivity contribution in [1.29, 1.82) is 0 Å². The molecule has 1 fully saturated rings. The van der Waals surface area contributed by atoms with Crippen molar-refractivity contribution in [2.24, 2.45) is 0 Å². The molecule has 234 valence electrons. The number of aliphatic hydroxyl groups excluding tert-OH is 3. The van der Waals surface area contributed by atoms with Gasteiger partial charge < -0.3 is 45.3 Å². The van der Waals surface area contributed by atoms with Crippen LogP contribution in [0.2, 0.25) is 0 Å². The predicted molar refractivity (Wildman–Crippen MR) is 158 cm³/mol. The summed E-state index contributed by atoms with van der Waals surface area (Å²) in [6.07, 6.45) is -5.56. The van der Waals surface area contributed by atoms with Crippen molar-refractivity contribution in [3.8, 4) is 11.1 Å². The van der Waals surface area contributed by atoms with Gasteiger partial charge in [0.25, 0.3) is 11.7 Å². The van der Waals surface area contributed by atoms with Crippen LogP contribution < -0.4 is 10.6 Å². The average molecular weight is 619 g/mol. The average Bonchev–Trinajstić information content (AvgIpc) is 3.00. The lowest BCUT2D eigenvalue weighted by molar-refractivity contribution is -0.310. The number of rotatable bonds is 16. The van der Waals surface area contributed by atoms with E-state index in [9.17, 15) is 39.6 Å². The maximum absolute atomic E-state index is 12.7. The fraction of sp³-hybridized carbons (Fsp3) is 0.467. The Bertz CT molecular complexity index is 1220. The Kier molecular flexibility index (Phi) is 13.1. The molecular formula is C30H38N2O10S. The number of ether oxygens (including phenoxy) is 2. The van der Waals surface area contributed by atoms with Crippen molar-refractivity contribution >= 4 is 35.8 Å². The number of hydrogen-bond donors (Lipinski definition) is 6. The molecule has 0 radical (unpaired) electrons. The van der Waals surface area contributed by atoms with Gasteiger partial charge in [-0.15, -0.1) is 0 Å². The van der Waals surface area contributed by atoms with E-state index < -0.39 is 67.0 Å². The first kappa shape index (κ1) is 34.2. The number of thioether (sulfide) groups is 1. The lowest BCUT2D eigenvalue weighted by Crippen LogP contribution is -2.68. The highest BCUT2D eigenvalue weighted by atomic mass is 32.2. The van der Waals surface area contributed by atoms with Crippen LogP contribution in [0.15, 0.2) is 54.6 Å². The Balaban J connectivity index is 1.66. The molecule has 2 aromatic carbocycles. The SMILES string of the molecule is CC(=O)N[C@H]1C([C@H](O)[C@H](O)CNC(=O)c2ccc(-c3ccccc3)cc2)O[C@@](OCCCSCCC=O)(C(=O)O)C[C@@H]1O. The van der Waals surface area contributed by atoms with Crippen molar-refractivity contribution in [2.75, 3.05) is 24.7 Å². The number of carbonyl (C=O) groups is 4. The highest BCUT2D eigenvalue weighted by Gasteiger charge is 2.55. The van der Waals surface area contributed by atoms with E-state index in [0.29, 0.717) is 29.9 Å². The van der Waals surface area contributed by atoms with Gasteiger partial charge in [-0.1, -0.05) is 42.5 Å². The molecule has 0 aliphatic carbocycles. The third kappa shape index (κ3) is 9.58. The number of aldehydes is 1. The lowest BCUT2D eigenvalue weighted by Gasteiger charge is -2.46. The zero-order valence-electron chi connectivity index (χ0n) is 23.8. The highest BCUT2D eigenvalue weighted by Crippen LogP contribution is 2.34. The maximum Gasteiger partial charge on any atom is 0.364 e. The van der Waals surface area contributed by atoms with E-state index in [-0.39, 0.29) is 6.61 Å². The first-order chi connectivity index (χ1) is 20.6. The van der Waals surface area contributed by atoms with Crippen LogP contribution in [0, 0.1) is 0 Å². The molecule has 2 amide bonds. The van der Waals surface area contributed by atoms with Crippen LogP contribution in [-0.2, 0) is 23.9 Å². The second-order valence-electron chi connectivity index (χ2n) is 10.1. The quantitative estimate of drug-likeness (QED) is 0.116. The molecular weight excluding hydrogens is 580 g/mol. The number of carboxylic acid groups (broad SMARTS) is 1. The second-order valence-corrected chi connectivity index (χ2v) is 11.3. The molecule has 13 heteroatoms. The summed E-state index contributed by atoms with van der Waals surface area (Å²) in [6, 6.07) is 15.1. The van der Waals surface area contributed by atoms with Crippen LogP contribution >= 0.6 is 11.8 Å². The maximum atomic E-state index is 12.7. The standard InChI is InChI=1S/C30H38N2O10S/c1-19(34)32-25-23(35)17-30(29(39)40,41-14-6-16-43-15-5-13-33)42-27(25)26(37)24(36)18-31-28(38)22-11-9-21(10-12-22)20-7-3-2-4-8-20/h2-4,7-13,23-27,35-37H,5-6,14-18H2,1H3,(H,31,38)(H,32,34)(H,39,40)/t23-,24+,25+,26+,27?,30+/m0/s1. The zero-order valence-corrected chi connectivity index (χ0v) is 24.6. The molecule has 1 aliphatic rings. The number of hydrogen-bond acceptors (Lipinski definition) is 10. The molecule has 0 bridgehead atoms. The molecule has 0 aromatic heterocycles. The van der Waals surface area contributed by atoms with Crippen LogP contribution in [0.4, 0.5) is 0 Å². The van der Waals surface area contributed by atoms with Gasteiger partial charge in [-0.25, -0.2) is 4.79 Å². The minimum atomic E-state index is -2.36. The van der Waals surface area contributed by atoms with Crippen molar-refractivity contribution in [2.45, 2.75) is 62.4 Å². The number of carbonyl (C=O) groups excluding carboxylic acids is 3. The van der Waals surface area contributed by atoms with Gasteiger partial charge in [-0.3, -0.25) is 9.59 Å². The third-order valence-corrected chi connectivity index (χ3v) is 7.98. The highest BCUT2D eigenvalue weighted by molar-refractivity contribution is 7.99. The number of aliphatic hydroxyl groups is 3. The van der Waals surface area contributed by atoms with Gasteiger partial charge >= 0.3 is 5.97 Å². The van der Waals surface area contributed by atoms with E-state index in [1.807, 2.05) is 30.3 Å². The van der Waals surface area contributed by atoms with Gasteiger partial charge in [0, 0.05) is 31.9 Å². The van der Waals surface area contributed by atoms with Gasteiger partial charge in [0.2, 0.25) is 5.91 Å². The van der Waals surface area contributed by atoms with Crippen molar-refractivity contribution in [1.82, 2.24) is 10.6 Å². The third-order valence-electron chi connectivity index (χ3n) is 6.87. The summed E-state index contributed by atoms with van der Waals surface area (Å²) in [6.45, 7) is 0.665. The van der Waals surface area contributed by atoms with Crippen LogP contribution in [0.5, 0.6) is 0 Å². The fourth-order valence-corrected chi connectivity index (χ4v) is 5.45. The van der Waals surface area contributed by atoms with E-state index in [4.69, 9.17) is 9.47 Å². The molecule has 3 rings (SSSR count). The Hall–Kier alpha value is -3.33. The number of nitrogens with one attached hydrogen (secondary N) is 2. The Morgan fingerprint density at radius 1 is 1.09 bits per heavy atom. The van der Waals surface area contributed by atoms with Crippen LogP contribution in [0.1, 0.15) is 36.5 Å². The van der Waals surface area contributed by atoms with E-state index in [1.54, 1.807) is 24.3 Å². The number of benzene rings is 2. The van der Waals surface area contributed by atoms with Crippen molar-refractivity contribution in [3.63, 3.8) is 0 Å². The molecule has 1 aliphatic heterocycles. The number of aliphatic carboxylic acids is 1. The molecule has 1 unspecified atom stereocenters. The van der Waals surface area contributed by atoms with E-state index in [2.05, 4.69) is 10.6 Å². The van der Waals surface area contributed by atoms with Gasteiger partial charge in [-0.2, -0.15) is 11.8 Å². The summed E-state index contributed by atoms with van der Waals surface area (Å²) in [7, 11) is 0. The summed E-state index contributed by atoms with van der Waals surface area (Å²) in [5.41, 5.74) is 2.20. The normalized spacial score (nSPS) is 23.1. The lowest BCUT2D eigenvalue weighted by atomic mass is 9.88. The summed E-state index contributed by atoms with van der Waals surface area (Å²) >= 11 is 1.49. The smallest absolute Gasteiger partial charge is 0.364 e. The Morgan fingerprint density at radius 3 is 2.40 bits per heavy atom. The van der Waals surface area contributed by atoms with Crippen LogP contribution in [-0.4, -0.2) is 105 Å². The van der Waals surface area contributed by atoms with E-state index in [0.717, 1.165) is 17.4 Å². The number of amides is 2. The summed E-state index contributed by atoms with van der Waals surface area (Å²) in [4.78, 5) is 47.3. The van der Waals surface area contributed by atoms with E-state index in [1.165, 1.54) is 18.7 Å². The van der Waals surface area contributed by atoms with Gasteiger partial charge in [0.05, 0.1) is 24.9 Å². The summed E-state index contributed by atoms with van der Waals surface area (Å²) < 4.78 is 11.3. The predicted octanol–water partition coefficient (Wildman–Crippen LogP) is 0.970. The summed E-state index contributed by atoms with van der Waals surface area (Å²) in [5, 5.41) is 47.6. The van der Waals surface area contributed by atoms with Crippen molar-refractivity contribution < 1.29 is 49.1 Å². The molecule has 6 atom stereocenters. The molecule has 43 heavy (non-hydrogen) atoms. The van der Waals surface area contributed by atoms with Crippen molar-refractivity contribution in [3.05, 3.63) is 60.2 Å². The summed E-state index contributed by atoms with van der Waals surface area (Å²) in [5.74, 6) is -3.83. The Labute approximate surface area is 253 Å².